The molecule has 4 nitrogen and oxygen atoms in total. The zero-order chi connectivity index (χ0) is 15.8. The van der Waals surface area contributed by atoms with E-state index in [0.29, 0.717) is 0 Å². The number of sulfonamides is 1. The Kier molecular flexibility index (Phi) is 4.02. The van der Waals surface area contributed by atoms with Gasteiger partial charge in [0.1, 0.15) is 23.2 Å². The first-order valence-corrected chi connectivity index (χ1v) is 7.22. The van der Waals surface area contributed by atoms with Crippen LogP contribution in [0.25, 0.3) is 0 Å². The molecule has 0 spiro atoms. The van der Waals surface area contributed by atoms with Crippen molar-refractivity contribution in [3.63, 3.8) is 0 Å². The monoisotopic (exact) mass is 337 g/mol. The highest BCUT2D eigenvalue weighted by molar-refractivity contribution is 7.92. The first-order chi connectivity index (χ1) is 9.70. The molecule has 0 aliphatic carbocycles. The third-order valence-electron chi connectivity index (χ3n) is 2.43. The van der Waals surface area contributed by atoms with Gasteiger partial charge in [0, 0.05) is 18.2 Å². The van der Waals surface area contributed by atoms with E-state index >= 15 is 0 Å². The standard InChI is InChI=1S/C12H7ClF3NO3S/c13-8-2-1-7(5-11(8)18)17-21(19,20)12-9(15)3-6(14)4-10(12)16/h1-5,17-18H. The minimum Gasteiger partial charge on any atom is -0.506 e. The summed E-state index contributed by atoms with van der Waals surface area (Å²) in [5.41, 5.74) is -0.167. The SMILES string of the molecule is O=S(=O)(Nc1ccc(Cl)c(O)c1)c1c(F)cc(F)cc1F. The summed E-state index contributed by atoms with van der Waals surface area (Å²) < 4.78 is 65.4. The molecule has 0 saturated carbocycles. The van der Waals surface area contributed by atoms with Crippen LogP contribution in [0.2, 0.25) is 5.02 Å². The third-order valence-corrected chi connectivity index (χ3v) is 4.18. The van der Waals surface area contributed by atoms with E-state index in [1.807, 2.05) is 4.72 Å². The Labute approximate surface area is 122 Å². The molecule has 2 aromatic rings. The van der Waals surface area contributed by atoms with Gasteiger partial charge in [0.25, 0.3) is 10.0 Å². The Morgan fingerprint density at radius 3 is 2.14 bits per heavy atom. The van der Waals surface area contributed by atoms with E-state index in [-0.39, 0.29) is 22.8 Å². The second kappa shape index (κ2) is 5.45. The lowest BCUT2D eigenvalue weighted by molar-refractivity contribution is 0.476. The molecular formula is C12H7ClF3NO3S. The zero-order valence-corrected chi connectivity index (χ0v) is 11.6. The van der Waals surface area contributed by atoms with E-state index in [9.17, 15) is 26.7 Å². The van der Waals surface area contributed by atoms with E-state index in [2.05, 4.69) is 0 Å². The van der Waals surface area contributed by atoms with Crippen molar-refractivity contribution in [2.24, 2.45) is 0 Å². The molecule has 2 rings (SSSR count). The summed E-state index contributed by atoms with van der Waals surface area (Å²) in [5, 5.41) is 9.32. The Bertz CT molecular complexity index is 788. The molecule has 0 aliphatic heterocycles. The van der Waals surface area contributed by atoms with Crippen molar-refractivity contribution >= 4 is 27.3 Å². The van der Waals surface area contributed by atoms with Crippen LogP contribution in [0.15, 0.2) is 35.2 Å². The largest absolute Gasteiger partial charge is 0.506 e. The maximum absolute atomic E-state index is 13.5. The fourth-order valence-corrected chi connectivity index (χ4v) is 2.86. The minimum absolute atomic E-state index is 0.0305. The molecule has 9 heteroatoms. The van der Waals surface area contributed by atoms with Crippen LogP contribution in [-0.2, 0) is 10.0 Å². The van der Waals surface area contributed by atoms with Crippen molar-refractivity contribution in [1.82, 2.24) is 0 Å². The highest BCUT2D eigenvalue weighted by Crippen LogP contribution is 2.28. The third kappa shape index (κ3) is 3.22. The van der Waals surface area contributed by atoms with Crippen LogP contribution in [0, 0.1) is 17.5 Å². The smallest absolute Gasteiger partial charge is 0.267 e. The van der Waals surface area contributed by atoms with Crippen LogP contribution in [-0.4, -0.2) is 13.5 Å². The number of hydrogen-bond acceptors (Lipinski definition) is 3. The summed E-state index contributed by atoms with van der Waals surface area (Å²) in [6.45, 7) is 0. The molecule has 0 radical (unpaired) electrons. The topological polar surface area (TPSA) is 66.4 Å². The Morgan fingerprint density at radius 2 is 1.62 bits per heavy atom. The van der Waals surface area contributed by atoms with Crippen LogP contribution in [0.1, 0.15) is 0 Å². The number of benzene rings is 2. The number of rotatable bonds is 3. The lowest BCUT2D eigenvalue weighted by atomic mass is 10.3. The molecule has 0 fully saturated rings. The molecule has 0 aliphatic rings. The van der Waals surface area contributed by atoms with Crippen molar-refractivity contribution in [3.05, 3.63) is 52.8 Å². The van der Waals surface area contributed by atoms with Gasteiger partial charge in [-0.25, -0.2) is 21.6 Å². The molecular weight excluding hydrogens is 331 g/mol. The Hall–Kier alpha value is -1.93. The van der Waals surface area contributed by atoms with E-state index in [4.69, 9.17) is 11.6 Å². The van der Waals surface area contributed by atoms with Crippen molar-refractivity contribution < 1.29 is 26.7 Å². The summed E-state index contributed by atoms with van der Waals surface area (Å²) in [6.07, 6.45) is 0. The number of aromatic hydroxyl groups is 1. The molecule has 0 heterocycles. The van der Waals surface area contributed by atoms with Crippen LogP contribution in [0.4, 0.5) is 18.9 Å². The summed E-state index contributed by atoms with van der Waals surface area (Å²) in [5.74, 6) is -4.80. The number of nitrogens with one attached hydrogen (secondary N) is 1. The molecule has 0 saturated heterocycles. The summed E-state index contributed by atoms with van der Waals surface area (Å²) >= 11 is 5.55. The average Bonchev–Trinajstić information content (AvgIpc) is 2.31. The summed E-state index contributed by atoms with van der Waals surface area (Å²) in [7, 11) is -4.64. The number of hydrogen-bond donors (Lipinski definition) is 2. The number of phenols is 1. The second-order valence-corrected chi connectivity index (χ2v) is 6.00. The van der Waals surface area contributed by atoms with Gasteiger partial charge in [0.15, 0.2) is 4.90 Å². The first kappa shape index (κ1) is 15.5. The van der Waals surface area contributed by atoms with Crippen LogP contribution < -0.4 is 4.72 Å². The molecule has 0 bridgehead atoms. The zero-order valence-electron chi connectivity index (χ0n) is 10.1. The average molecular weight is 338 g/mol. The Balaban J connectivity index is 2.46. The Morgan fingerprint density at radius 1 is 1.05 bits per heavy atom. The van der Waals surface area contributed by atoms with E-state index in [1.54, 1.807) is 0 Å². The molecule has 2 N–H and O–H groups in total. The number of phenolic OH excluding ortho intramolecular Hbond substituents is 1. The van der Waals surface area contributed by atoms with Gasteiger partial charge in [-0.2, -0.15) is 0 Å². The highest BCUT2D eigenvalue weighted by Gasteiger charge is 2.25. The molecule has 0 unspecified atom stereocenters. The van der Waals surface area contributed by atoms with E-state index < -0.39 is 38.1 Å². The number of anilines is 1. The molecule has 21 heavy (non-hydrogen) atoms. The first-order valence-electron chi connectivity index (χ1n) is 5.36. The quantitative estimate of drug-likeness (QED) is 0.903. The lowest BCUT2D eigenvalue weighted by Crippen LogP contribution is -2.16. The fourth-order valence-electron chi connectivity index (χ4n) is 1.57. The maximum atomic E-state index is 13.5. The molecule has 0 amide bonds. The van der Waals surface area contributed by atoms with Crippen molar-refractivity contribution in [1.29, 1.82) is 0 Å². The predicted octanol–water partition coefficient (Wildman–Crippen LogP) is 3.26. The molecule has 112 valence electrons. The normalized spacial score (nSPS) is 11.4. The van der Waals surface area contributed by atoms with Crippen LogP contribution >= 0.6 is 11.6 Å². The minimum atomic E-state index is -4.64. The highest BCUT2D eigenvalue weighted by atomic mass is 35.5. The number of halogens is 4. The molecule has 0 aromatic heterocycles. The van der Waals surface area contributed by atoms with Gasteiger partial charge in [0.2, 0.25) is 0 Å². The predicted molar refractivity (Wildman–Crippen MR) is 70.2 cm³/mol. The van der Waals surface area contributed by atoms with Gasteiger partial charge in [-0.15, -0.1) is 0 Å². The van der Waals surface area contributed by atoms with E-state index in [1.165, 1.54) is 12.1 Å². The van der Waals surface area contributed by atoms with Gasteiger partial charge in [-0.05, 0) is 12.1 Å². The fraction of sp³-hybridized carbons (Fsp3) is 0. The second-order valence-electron chi connectivity index (χ2n) is 3.97. The molecule has 2 aromatic carbocycles. The summed E-state index contributed by atoms with van der Waals surface area (Å²) in [4.78, 5) is -1.32. The van der Waals surface area contributed by atoms with Crippen molar-refractivity contribution in [2.75, 3.05) is 4.72 Å². The lowest BCUT2D eigenvalue weighted by Gasteiger charge is -2.10. The molecule has 0 atom stereocenters. The van der Waals surface area contributed by atoms with Gasteiger partial charge in [-0.3, -0.25) is 4.72 Å². The van der Waals surface area contributed by atoms with Gasteiger partial charge in [0.05, 0.1) is 10.7 Å². The van der Waals surface area contributed by atoms with Crippen molar-refractivity contribution in [3.8, 4) is 5.75 Å². The van der Waals surface area contributed by atoms with E-state index in [0.717, 1.165) is 6.07 Å². The summed E-state index contributed by atoms with van der Waals surface area (Å²) in [6, 6.07) is 3.82. The van der Waals surface area contributed by atoms with Gasteiger partial charge < -0.3 is 5.11 Å². The van der Waals surface area contributed by atoms with Gasteiger partial charge >= 0.3 is 0 Å². The van der Waals surface area contributed by atoms with Crippen LogP contribution in [0.3, 0.4) is 0 Å². The van der Waals surface area contributed by atoms with Crippen LogP contribution in [0.5, 0.6) is 5.75 Å². The van der Waals surface area contributed by atoms with Crippen molar-refractivity contribution in [2.45, 2.75) is 4.90 Å². The maximum Gasteiger partial charge on any atom is 0.267 e. The van der Waals surface area contributed by atoms with Gasteiger partial charge in [-0.1, -0.05) is 11.6 Å².